The minimum atomic E-state index is 0.426. The van der Waals surface area contributed by atoms with E-state index in [-0.39, 0.29) is 0 Å². The Morgan fingerprint density at radius 3 is 2.90 bits per heavy atom. The fraction of sp³-hybridized carbons (Fsp3) is 0.333. The van der Waals surface area contributed by atoms with Crippen LogP contribution >= 0.6 is 22.9 Å². The van der Waals surface area contributed by atoms with Crippen molar-refractivity contribution < 1.29 is 4.42 Å². The molecule has 1 N–H and O–H groups in total. The first-order valence-electron chi connectivity index (χ1n) is 6.85. The SMILES string of the molecule is CC(C)Cc1nnc(NCc2c(Cl)oc3ccccc23)s1. The van der Waals surface area contributed by atoms with Gasteiger partial charge in [-0.2, -0.15) is 0 Å². The van der Waals surface area contributed by atoms with E-state index in [4.69, 9.17) is 16.0 Å². The summed E-state index contributed by atoms with van der Waals surface area (Å²) >= 11 is 7.76. The molecule has 0 fully saturated rings. The van der Waals surface area contributed by atoms with Crippen molar-refractivity contribution in [1.29, 1.82) is 0 Å². The zero-order valence-electron chi connectivity index (χ0n) is 11.9. The van der Waals surface area contributed by atoms with Gasteiger partial charge in [0.15, 0.2) is 5.22 Å². The fourth-order valence-electron chi connectivity index (χ4n) is 2.15. The van der Waals surface area contributed by atoms with Crippen LogP contribution in [0.3, 0.4) is 0 Å². The van der Waals surface area contributed by atoms with Gasteiger partial charge >= 0.3 is 0 Å². The largest absolute Gasteiger partial charge is 0.444 e. The lowest BCUT2D eigenvalue weighted by Crippen LogP contribution is -1.98. The molecule has 0 spiro atoms. The van der Waals surface area contributed by atoms with Gasteiger partial charge in [-0.05, 0) is 23.6 Å². The minimum Gasteiger partial charge on any atom is -0.444 e. The Morgan fingerprint density at radius 2 is 2.10 bits per heavy atom. The lowest BCUT2D eigenvalue weighted by atomic mass is 10.1. The summed E-state index contributed by atoms with van der Waals surface area (Å²) in [6.07, 6.45) is 0.953. The van der Waals surface area contributed by atoms with Gasteiger partial charge in [0, 0.05) is 23.9 Å². The van der Waals surface area contributed by atoms with Gasteiger partial charge in [0.1, 0.15) is 10.6 Å². The van der Waals surface area contributed by atoms with E-state index in [1.54, 1.807) is 11.3 Å². The molecule has 0 bridgehead atoms. The van der Waals surface area contributed by atoms with E-state index in [0.29, 0.717) is 17.7 Å². The summed E-state index contributed by atoms with van der Waals surface area (Å²) in [6.45, 7) is 4.92. The molecule has 0 saturated heterocycles. The number of aromatic nitrogens is 2. The quantitative estimate of drug-likeness (QED) is 0.737. The fourth-order valence-corrected chi connectivity index (χ4v) is 3.35. The molecule has 21 heavy (non-hydrogen) atoms. The summed E-state index contributed by atoms with van der Waals surface area (Å²) in [5.41, 5.74) is 1.75. The number of rotatable bonds is 5. The highest BCUT2D eigenvalue weighted by Gasteiger charge is 2.13. The molecule has 4 nitrogen and oxygen atoms in total. The Labute approximate surface area is 132 Å². The van der Waals surface area contributed by atoms with E-state index < -0.39 is 0 Å². The van der Waals surface area contributed by atoms with Crippen LogP contribution in [-0.2, 0) is 13.0 Å². The van der Waals surface area contributed by atoms with Gasteiger partial charge in [-0.25, -0.2) is 0 Å². The number of hydrogen-bond acceptors (Lipinski definition) is 5. The van der Waals surface area contributed by atoms with Crippen molar-refractivity contribution in [2.75, 3.05) is 5.32 Å². The van der Waals surface area contributed by atoms with E-state index >= 15 is 0 Å². The number of para-hydroxylation sites is 1. The van der Waals surface area contributed by atoms with Crippen molar-refractivity contribution in [3.8, 4) is 0 Å². The van der Waals surface area contributed by atoms with Gasteiger partial charge < -0.3 is 9.73 Å². The van der Waals surface area contributed by atoms with Gasteiger partial charge in [0.25, 0.3) is 0 Å². The second kappa shape index (κ2) is 6.03. The third-order valence-electron chi connectivity index (χ3n) is 3.12. The average molecular weight is 322 g/mol. The predicted molar refractivity (Wildman–Crippen MR) is 87.0 cm³/mol. The monoisotopic (exact) mass is 321 g/mol. The Kier molecular flexibility index (Phi) is 4.12. The van der Waals surface area contributed by atoms with Crippen molar-refractivity contribution >= 4 is 39.0 Å². The molecular formula is C15H16ClN3OS. The predicted octanol–water partition coefficient (Wildman–Crippen LogP) is 4.75. The van der Waals surface area contributed by atoms with Crippen molar-refractivity contribution in [3.05, 3.63) is 40.1 Å². The summed E-state index contributed by atoms with van der Waals surface area (Å²) in [5.74, 6) is 0.582. The molecule has 0 unspecified atom stereocenters. The number of nitrogens with one attached hydrogen (secondary N) is 1. The first kappa shape index (κ1) is 14.4. The van der Waals surface area contributed by atoms with Crippen molar-refractivity contribution in [1.82, 2.24) is 10.2 Å². The normalized spacial score (nSPS) is 11.4. The highest BCUT2D eigenvalue weighted by atomic mass is 35.5. The Balaban J connectivity index is 1.74. The van der Waals surface area contributed by atoms with Gasteiger partial charge in [0.05, 0.1) is 0 Å². The zero-order chi connectivity index (χ0) is 14.8. The van der Waals surface area contributed by atoms with E-state index in [9.17, 15) is 0 Å². The van der Waals surface area contributed by atoms with Gasteiger partial charge in [-0.15, -0.1) is 10.2 Å². The molecule has 0 radical (unpaired) electrons. The smallest absolute Gasteiger partial charge is 0.205 e. The van der Waals surface area contributed by atoms with Crippen LogP contribution in [0.2, 0.25) is 5.22 Å². The standard InChI is InChI=1S/C15H16ClN3OS/c1-9(2)7-13-18-19-15(21-13)17-8-11-10-5-3-4-6-12(10)20-14(11)16/h3-6,9H,7-8H2,1-2H3,(H,17,19). The van der Waals surface area contributed by atoms with E-state index in [1.165, 1.54) is 0 Å². The van der Waals surface area contributed by atoms with Crippen LogP contribution in [0.4, 0.5) is 5.13 Å². The van der Waals surface area contributed by atoms with Crippen LogP contribution in [0.5, 0.6) is 0 Å². The number of fused-ring (bicyclic) bond motifs is 1. The summed E-state index contributed by atoms with van der Waals surface area (Å²) in [7, 11) is 0. The Morgan fingerprint density at radius 1 is 1.29 bits per heavy atom. The van der Waals surface area contributed by atoms with E-state index in [1.807, 2.05) is 24.3 Å². The summed E-state index contributed by atoms with van der Waals surface area (Å²) in [6, 6.07) is 7.83. The number of nitrogens with zero attached hydrogens (tertiary/aromatic N) is 2. The minimum absolute atomic E-state index is 0.426. The molecule has 3 rings (SSSR count). The third kappa shape index (κ3) is 3.19. The first-order valence-corrected chi connectivity index (χ1v) is 8.05. The number of anilines is 1. The molecule has 0 amide bonds. The molecule has 0 atom stereocenters. The third-order valence-corrected chi connectivity index (χ3v) is 4.32. The second-order valence-electron chi connectivity index (χ2n) is 5.30. The maximum absolute atomic E-state index is 6.17. The van der Waals surface area contributed by atoms with Crippen molar-refractivity contribution in [2.45, 2.75) is 26.8 Å². The maximum atomic E-state index is 6.17. The average Bonchev–Trinajstić information content (AvgIpc) is 2.99. The second-order valence-corrected chi connectivity index (χ2v) is 6.71. The van der Waals surface area contributed by atoms with Crippen LogP contribution in [0.1, 0.15) is 24.4 Å². The molecule has 0 aliphatic carbocycles. The van der Waals surface area contributed by atoms with Crippen LogP contribution in [-0.4, -0.2) is 10.2 Å². The van der Waals surface area contributed by atoms with Gasteiger partial charge in [-0.1, -0.05) is 43.4 Å². The molecule has 1 aromatic carbocycles. The number of furan rings is 1. The molecule has 2 heterocycles. The molecule has 0 saturated carbocycles. The zero-order valence-corrected chi connectivity index (χ0v) is 13.5. The van der Waals surface area contributed by atoms with Crippen LogP contribution < -0.4 is 5.32 Å². The van der Waals surface area contributed by atoms with Crippen LogP contribution in [0.25, 0.3) is 11.0 Å². The van der Waals surface area contributed by atoms with Gasteiger partial charge in [0.2, 0.25) is 5.13 Å². The Hall–Kier alpha value is -1.59. The van der Waals surface area contributed by atoms with Crippen molar-refractivity contribution in [3.63, 3.8) is 0 Å². The van der Waals surface area contributed by atoms with Gasteiger partial charge in [-0.3, -0.25) is 0 Å². The molecule has 110 valence electrons. The molecule has 2 aromatic heterocycles. The van der Waals surface area contributed by atoms with Crippen LogP contribution in [0.15, 0.2) is 28.7 Å². The lowest BCUT2D eigenvalue weighted by Gasteiger charge is -2.00. The lowest BCUT2D eigenvalue weighted by molar-refractivity contribution is 0.613. The molecular weight excluding hydrogens is 306 g/mol. The molecule has 6 heteroatoms. The number of hydrogen-bond donors (Lipinski definition) is 1. The molecule has 0 aliphatic rings. The van der Waals surface area contributed by atoms with Crippen molar-refractivity contribution in [2.24, 2.45) is 5.92 Å². The maximum Gasteiger partial charge on any atom is 0.205 e. The summed E-state index contributed by atoms with van der Waals surface area (Å²) in [5, 5.41) is 14.9. The summed E-state index contributed by atoms with van der Waals surface area (Å²) in [4.78, 5) is 0. The highest BCUT2D eigenvalue weighted by molar-refractivity contribution is 7.15. The molecule has 3 aromatic rings. The topological polar surface area (TPSA) is 51.0 Å². The van der Waals surface area contributed by atoms with E-state index in [0.717, 1.165) is 33.1 Å². The first-order chi connectivity index (χ1) is 10.1. The summed E-state index contributed by atoms with van der Waals surface area (Å²) < 4.78 is 5.54. The Bertz CT molecular complexity index is 750. The van der Waals surface area contributed by atoms with E-state index in [2.05, 4.69) is 29.4 Å². The van der Waals surface area contributed by atoms with Crippen LogP contribution in [0, 0.1) is 5.92 Å². The highest BCUT2D eigenvalue weighted by Crippen LogP contribution is 2.30. The number of benzene rings is 1. The molecule has 0 aliphatic heterocycles. The number of halogens is 1.